The Bertz CT molecular complexity index is 955. The van der Waals surface area contributed by atoms with Gasteiger partial charge in [0.2, 0.25) is 0 Å². The smallest absolute Gasteiger partial charge is 0.150 e. The number of hydrogen-bond acceptors (Lipinski definition) is 3. The summed E-state index contributed by atoms with van der Waals surface area (Å²) in [5.41, 5.74) is 2.98. The SMILES string of the molecule is CCC(C)(Pc1ccccc1C=O)c1cc(OC)ccc1OCc1ccccc1. The molecule has 0 spiro atoms. The van der Waals surface area contributed by atoms with Gasteiger partial charge in [-0.1, -0.05) is 77.0 Å². The molecule has 0 saturated carbocycles. The van der Waals surface area contributed by atoms with E-state index in [1.807, 2.05) is 54.6 Å². The van der Waals surface area contributed by atoms with Gasteiger partial charge in [0.25, 0.3) is 0 Å². The van der Waals surface area contributed by atoms with Crippen LogP contribution in [-0.4, -0.2) is 13.4 Å². The molecule has 4 heteroatoms. The molecule has 3 aromatic rings. The van der Waals surface area contributed by atoms with Crippen LogP contribution < -0.4 is 14.8 Å². The number of carbonyl (C=O) groups is 1. The van der Waals surface area contributed by atoms with Gasteiger partial charge in [0.05, 0.1) is 7.11 Å². The maximum absolute atomic E-state index is 11.5. The number of hydrogen-bond donors (Lipinski definition) is 0. The first-order valence-electron chi connectivity index (χ1n) is 9.77. The maximum Gasteiger partial charge on any atom is 0.150 e. The molecule has 3 aromatic carbocycles. The van der Waals surface area contributed by atoms with Crippen molar-refractivity contribution in [1.29, 1.82) is 0 Å². The first-order chi connectivity index (χ1) is 14.1. The summed E-state index contributed by atoms with van der Waals surface area (Å²) >= 11 is 0. The zero-order chi connectivity index (χ0) is 20.7. The van der Waals surface area contributed by atoms with Crippen molar-refractivity contribution in [2.75, 3.05) is 7.11 Å². The Morgan fingerprint density at radius 1 is 1.00 bits per heavy atom. The Morgan fingerprint density at radius 3 is 2.41 bits per heavy atom. The third-order valence-electron chi connectivity index (χ3n) is 5.22. The largest absolute Gasteiger partial charge is 0.497 e. The molecule has 0 aliphatic carbocycles. The van der Waals surface area contributed by atoms with Crippen LogP contribution in [0.3, 0.4) is 0 Å². The van der Waals surface area contributed by atoms with Crippen LogP contribution in [0, 0.1) is 0 Å². The summed E-state index contributed by atoms with van der Waals surface area (Å²) in [6, 6.07) is 24.0. The van der Waals surface area contributed by atoms with Crippen LogP contribution >= 0.6 is 8.58 Å². The van der Waals surface area contributed by atoms with Crippen molar-refractivity contribution in [3.63, 3.8) is 0 Å². The molecular formula is C25H27O3P. The molecule has 0 aromatic heterocycles. The molecular weight excluding hydrogens is 379 g/mol. The minimum absolute atomic E-state index is 0.181. The predicted octanol–water partition coefficient (Wildman–Crippen LogP) is 5.72. The Kier molecular flexibility index (Phi) is 7.06. The van der Waals surface area contributed by atoms with Gasteiger partial charge in [-0.2, -0.15) is 0 Å². The van der Waals surface area contributed by atoms with Crippen molar-refractivity contribution in [2.24, 2.45) is 0 Å². The summed E-state index contributed by atoms with van der Waals surface area (Å²) in [4.78, 5) is 11.5. The van der Waals surface area contributed by atoms with E-state index < -0.39 is 0 Å². The minimum atomic E-state index is -0.181. The molecule has 0 heterocycles. The average Bonchev–Trinajstić information content (AvgIpc) is 2.78. The van der Waals surface area contributed by atoms with E-state index in [9.17, 15) is 4.79 Å². The Hall–Kier alpha value is -2.64. The van der Waals surface area contributed by atoms with Crippen molar-refractivity contribution in [2.45, 2.75) is 32.0 Å². The van der Waals surface area contributed by atoms with Crippen LogP contribution in [-0.2, 0) is 11.8 Å². The van der Waals surface area contributed by atoms with E-state index in [1.54, 1.807) is 7.11 Å². The second-order valence-electron chi connectivity index (χ2n) is 7.15. The van der Waals surface area contributed by atoms with E-state index in [1.165, 1.54) is 0 Å². The van der Waals surface area contributed by atoms with Crippen molar-refractivity contribution in [1.82, 2.24) is 0 Å². The third kappa shape index (κ3) is 5.05. The minimum Gasteiger partial charge on any atom is -0.497 e. The third-order valence-corrected chi connectivity index (χ3v) is 7.12. The molecule has 3 rings (SSSR count). The molecule has 0 aliphatic rings. The molecule has 150 valence electrons. The Balaban J connectivity index is 1.97. The van der Waals surface area contributed by atoms with Crippen LogP contribution in [0.15, 0.2) is 72.8 Å². The molecule has 0 saturated heterocycles. The highest BCUT2D eigenvalue weighted by Crippen LogP contribution is 2.48. The van der Waals surface area contributed by atoms with Crippen LogP contribution in [0.25, 0.3) is 0 Å². The quantitative estimate of drug-likeness (QED) is 0.337. The molecule has 3 nitrogen and oxygen atoms in total. The van der Waals surface area contributed by atoms with Gasteiger partial charge in [-0.3, -0.25) is 4.79 Å². The number of benzene rings is 3. The summed E-state index contributed by atoms with van der Waals surface area (Å²) < 4.78 is 11.7. The van der Waals surface area contributed by atoms with Gasteiger partial charge >= 0.3 is 0 Å². The lowest BCUT2D eigenvalue weighted by molar-refractivity contribution is 0.112. The lowest BCUT2D eigenvalue weighted by Gasteiger charge is -2.32. The summed E-state index contributed by atoms with van der Waals surface area (Å²) in [6.07, 6.45) is 1.85. The predicted molar refractivity (Wildman–Crippen MR) is 121 cm³/mol. The Labute approximate surface area is 174 Å². The van der Waals surface area contributed by atoms with Crippen molar-refractivity contribution < 1.29 is 14.3 Å². The standard InChI is InChI=1S/C25H27O3P/c1-4-25(2,29-24-13-9-8-12-20(24)17-26)22-16-21(27-3)14-15-23(22)28-18-19-10-6-5-7-11-19/h5-17,29H,4,18H2,1-3H3. The molecule has 2 atom stereocenters. The van der Waals surface area contributed by atoms with E-state index in [4.69, 9.17) is 9.47 Å². The highest BCUT2D eigenvalue weighted by molar-refractivity contribution is 7.48. The molecule has 0 bridgehead atoms. The van der Waals surface area contributed by atoms with Gasteiger partial charge in [0.1, 0.15) is 18.1 Å². The molecule has 0 fully saturated rings. The second-order valence-corrected chi connectivity index (χ2v) is 9.04. The highest BCUT2D eigenvalue weighted by Gasteiger charge is 2.30. The van der Waals surface area contributed by atoms with Gasteiger partial charge < -0.3 is 9.47 Å². The van der Waals surface area contributed by atoms with Crippen molar-refractivity contribution >= 4 is 20.2 Å². The van der Waals surface area contributed by atoms with E-state index >= 15 is 0 Å². The molecule has 0 amide bonds. The van der Waals surface area contributed by atoms with E-state index in [0.717, 1.165) is 46.2 Å². The van der Waals surface area contributed by atoms with Gasteiger partial charge in [0.15, 0.2) is 6.29 Å². The van der Waals surface area contributed by atoms with E-state index in [-0.39, 0.29) is 5.16 Å². The number of ether oxygens (including phenoxy) is 2. The Morgan fingerprint density at radius 2 is 1.72 bits per heavy atom. The first kappa shape index (κ1) is 21.1. The normalized spacial score (nSPS) is 13.2. The average molecular weight is 406 g/mol. The van der Waals surface area contributed by atoms with Crippen molar-refractivity contribution in [3.8, 4) is 11.5 Å². The van der Waals surface area contributed by atoms with Crippen molar-refractivity contribution in [3.05, 3.63) is 89.5 Å². The van der Waals surface area contributed by atoms with Gasteiger partial charge in [-0.15, -0.1) is 0 Å². The number of methoxy groups -OCH3 is 1. The summed E-state index contributed by atoms with van der Waals surface area (Å²) in [6.45, 7) is 4.92. The number of carbonyl (C=O) groups excluding carboxylic acids is 1. The van der Waals surface area contributed by atoms with Gasteiger partial charge in [-0.05, 0) is 35.5 Å². The second kappa shape index (κ2) is 9.71. The zero-order valence-electron chi connectivity index (χ0n) is 17.1. The fourth-order valence-corrected chi connectivity index (χ4v) is 4.85. The first-order valence-corrected chi connectivity index (χ1v) is 10.8. The summed E-state index contributed by atoms with van der Waals surface area (Å²) in [5, 5.41) is 0.892. The number of rotatable bonds is 9. The van der Waals surface area contributed by atoms with Crippen LogP contribution in [0.1, 0.15) is 41.8 Å². The monoisotopic (exact) mass is 406 g/mol. The molecule has 0 radical (unpaired) electrons. The number of aldehydes is 1. The molecule has 29 heavy (non-hydrogen) atoms. The van der Waals surface area contributed by atoms with E-state index in [0.29, 0.717) is 15.2 Å². The highest BCUT2D eigenvalue weighted by atomic mass is 31.1. The topological polar surface area (TPSA) is 35.5 Å². The van der Waals surface area contributed by atoms with E-state index in [2.05, 4.69) is 32.0 Å². The molecule has 0 N–H and O–H groups in total. The maximum atomic E-state index is 11.5. The fourth-order valence-electron chi connectivity index (χ4n) is 3.29. The van der Waals surface area contributed by atoms with Gasteiger partial charge in [0, 0.05) is 16.3 Å². The van der Waals surface area contributed by atoms with Crippen LogP contribution in [0.2, 0.25) is 0 Å². The van der Waals surface area contributed by atoms with Crippen LogP contribution in [0.5, 0.6) is 11.5 Å². The van der Waals surface area contributed by atoms with Crippen LogP contribution in [0.4, 0.5) is 0 Å². The molecule has 2 unspecified atom stereocenters. The fraction of sp³-hybridized carbons (Fsp3) is 0.240. The summed E-state index contributed by atoms with van der Waals surface area (Å²) in [5.74, 6) is 1.66. The lowest BCUT2D eigenvalue weighted by Crippen LogP contribution is -2.21. The lowest BCUT2D eigenvalue weighted by atomic mass is 9.96. The summed E-state index contributed by atoms with van der Waals surface area (Å²) in [7, 11) is 2.11. The van der Waals surface area contributed by atoms with Gasteiger partial charge in [-0.25, -0.2) is 0 Å². The zero-order valence-corrected chi connectivity index (χ0v) is 18.1. The molecule has 0 aliphatic heterocycles.